The Bertz CT molecular complexity index is 561. The molecule has 3 nitrogen and oxygen atoms in total. The van der Waals surface area contributed by atoms with Gasteiger partial charge in [0.2, 0.25) is 0 Å². The number of ether oxygens (including phenoxy) is 2. The minimum atomic E-state index is -8.04. The van der Waals surface area contributed by atoms with Gasteiger partial charge in [-0.2, -0.15) is 70.2 Å². The molecular formula is C8F16O3. The van der Waals surface area contributed by atoms with Crippen molar-refractivity contribution in [2.75, 3.05) is 0 Å². The van der Waals surface area contributed by atoms with Crippen LogP contribution in [0.5, 0.6) is 0 Å². The van der Waals surface area contributed by atoms with Gasteiger partial charge < -0.3 is 0 Å². The molecule has 0 aliphatic heterocycles. The maximum atomic E-state index is 13.2. The van der Waals surface area contributed by atoms with Crippen LogP contribution in [0.3, 0.4) is 0 Å². The fraction of sp³-hybridized carbons (Fsp3) is 0.875. The van der Waals surface area contributed by atoms with E-state index < -0.39 is 48.5 Å². The molecule has 0 aromatic carbocycles. The van der Waals surface area contributed by atoms with E-state index in [1.54, 1.807) is 4.74 Å². The number of rotatable bonds is 7. The average molecular weight is 448 g/mol. The van der Waals surface area contributed by atoms with Gasteiger partial charge in [0, 0.05) is 0 Å². The monoisotopic (exact) mass is 448 g/mol. The molecule has 0 unspecified atom stereocenters. The molecule has 1 atom stereocenters. The summed E-state index contributed by atoms with van der Waals surface area (Å²) in [6.45, 7) is 0. The van der Waals surface area contributed by atoms with Crippen LogP contribution in [-0.2, 0) is 14.3 Å². The summed E-state index contributed by atoms with van der Waals surface area (Å²) in [7, 11) is 0. The maximum absolute atomic E-state index is 13.2. The summed E-state index contributed by atoms with van der Waals surface area (Å²) < 4.78 is 200. The van der Waals surface area contributed by atoms with E-state index in [9.17, 15) is 75.0 Å². The fourth-order valence-electron chi connectivity index (χ4n) is 0.931. The van der Waals surface area contributed by atoms with Crippen molar-refractivity contribution < 1.29 is 84.5 Å². The summed E-state index contributed by atoms with van der Waals surface area (Å²) in [5, 5.41) is 0. The molecule has 0 aliphatic carbocycles. The SMILES string of the molecule is O=C(F)C(F)(F)O[C@](F)(OC(F)(F)C(F)(F)C(F)(F)C(F)(F)F)C(F)(F)F. The van der Waals surface area contributed by atoms with Crippen LogP contribution in [0.4, 0.5) is 70.2 Å². The fourth-order valence-corrected chi connectivity index (χ4v) is 0.931. The molecule has 27 heavy (non-hydrogen) atoms. The van der Waals surface area contributed by atoms with Crippen LogP contribution in [0.15, 0.2) is 0 Å². The van der Waals surface area contributed by atoms with Crippen molar-refractivity contribution in [2.24, 2.45) is 0 Å². The van der Waals surface area contributed by atoms with Crippen molar-refractivity contribution >= 4 is 6.04 Å². The minimum Gasteiger partial charge on any atom is -0.251 e. The lowest BCUT2D eigenvalue weighted by molar-refractivity contribution is -0.555. The molecule has 0 aromatic rings. The molecule has 0 rings (SSSR count). The van der Waals surface area contributed by atoms with Crippen molar-refractivity contribution in [3.8, 4) is 0 Å². The summed E-state index contributed by atoms with van der Waals surface area (Å²) in [6, 6.07) is -11.7. The maximum Gasteiger partial charge on any atom is 0.478 e. The van der Waals surface area contributed by atoms with E-state index in [0.717, 1.165) is 0 Å². The molecule has 19 heteroatoms. The molecule has 0 spiro atoms. The van der Waals surface area contributed by atoms with Crippen LogP contribution in [-0.4, -0.2) is 48.5 Å². The standard InChI is InChI=1S/C8F16O3/c9-1(25)2(10,11)26-8(24,6(19,20)21)27-7(22,23)4(14,15)3(12,13)5(16,17)18/t8-/m0/s1. The number of halogens is 16. The van der Waals surface area contributed by atoms with E-state index in [-0.39, 0.29) is 0 Å². The van der Waals surface area contributed by atoms with E-state index in [1.165, 1.54) is 4.74 Å². The molecule has 0 saturated heterocycles. The zero-order valence-corrected chi connectivity index (χ0v) is 11.3. The number of carbonyl (C=O) groups is 1. The van der Waals surface area contributed by atoms with E-state index in [2.05, 4.69) is 0 Å². The highest BCUT2D eigenvalue weighted by atomic mass is 19.4. The predicted octanol–water partition coefficient (Wildman–Crippen LogP) is 4.72. The predicted molar refractivity (Wildman–Crippen MR) is 44.0 cm³/mol. The topological polar surface area (TPSA) is 35.5 Å². The molecule has 162 valence electrons. The van der Waals surface area contributed by atoms with Gasteiger partial charge in [-0.3, -0.25) is 4.79 Å². The Labute approximate surface area is 134 Å². The third kappa shape index (κ3) is 4.49. The van der Waals surface area contributed by atoms with Crippen molar-refractivity contribution in [2.45, 2.75) is 42.5 Å². The highest BCUT2D eigenvalue weighted by Gasteiger charge is 2.85. The molecule has 0 amide bonds. The van der Waals surface area contributed by atoms with Gasteiger partial charge in [0.05, 0.1) is 0 Å². The Balaban J connectivity index is 6.23. The molecule has 0 radical (unpaired) electrons. The second kappa shape index (κ2) is 6.52. The van der Waals surface area contributed by atoms with Crippen LogP contribution in [0.25, 0.3) is 0 Å². The summed E-state index contributed by atoms with van der Waals surface area (Å²) >= 11 is 0. The molecule has 0 fully saturated rings. The number of hydrogen-bond acceptors (Lipinski definition) is 3. The van der Waals surface area contributed by atoms with Crippen LogP contribution < -0.4 is 0 Å². The van der Waals surface area contributed by atoms with E-state index in [1.807, 2.05) is 0 Å². The third-order valence-corrected chi connectivity index (χ3v) is 2.20. The first kappa shape index (κ1) is 25.5. The second-order valence-corrected chi connectivity index (χ2v) is 4.19. The Morgan fingerprint density at radius 3 is 1.19 bits per heavy atom. The van der Waals surface area contributed by atoms with Gasteiger partial charge in [0.1, 0.15) is 0 Å². The zero-order chi connectivity index (χ0) is 22.5. The zero-order valence-electron chi connectivity index (χ0n) is 11.3. The molecule has 0 heterocycles. The van der Waals surface area contributed by atoms with Crippen LogP contribution in [0.1, 0.15) is 0 Å². The van der Waals surface area contributed by atoms with Crippen LogP contribution in [0, 0.1) is 0 Å². The normalized spacial score (nSPS) is 17.6. The van der Waals surface area contributed by atoms with Crippen molar-refractivity contribution in [1.82, 2.24) is 0 Å². The lowest BCUT2D eigenvalue weighted by Gasteiger charge is -2.37. The Morgan fingerprint density at radius 1 is 0.556 bits per heavy atom. The largest absolute Gasteiger partial charge is 0.478 e. The summed E-state index contributed by atoms with van der Waals surface area (Å²) in [5.41, 5.74) is 0. The Kier molecular flexibility index (Phi) is 6.15. The van der Waals surface area contributed by atoms with E-state index >= 15 is 0 Å². The van der Waals surface area contributed by atoms with Crippen LogP contribution >= 0.6 is 0 Å². The highest BCUT2D eigenvalue weighted by molar-refractivity contribution is 5.74. The Hall–Kier alpha value is -1.53. The van der Waals surface area contributed by atoms with Gasteiger partial charge in [0.15, 0.2) is 0 Å². The number of carbonyl (C=O) groups excluding carboxylic acids is 1. The van der Waals surface area contributed by atoms with Crippen molar-refractivity contribution in [3.63, 3.8) is 0 Å². The average Bonchev–Trinajstić information content (AvgIpc) is 2.33. The first-order chi connectivity index (χ1) is 11.4. The molecule has 0 aromatic heterocycles. The van der Waals surface area contributed by atoms with Gasteiger partial charge in [0.25, 0.3) is 0 Å². The lowest BCUT2D eigenvalue weighted by Crippen LogP contribution is -2.65. The molecule has 0 saturated carbocycles. The smallest absolute Gasteiger partial charge is 0.251 e. The van der Waals surface area contributed by atoms with Crippen LogP contribution in [0.2, 0.25) is 0 Å². The molecule has 0 bridgehead atoms. The molecular weight excluding hydrogens is 448 g/mol. The van der Waals surface area contributed by atoms with Gasteiger partial charge in [-0.15, -0.1) is 0 Å². The van der Waals surface area contributed by atoms with Gasteiger partial charge in [-0.05, 0) is 0 Å². The number of hydrogen-bond donors (Lipinski definition) is 0. The summed E-state index contributed by atoms with van der Waals surface area (Å²) in [4.78, 5) is 9.59. The summed E-state index contributed by atoms with van der Waals surface area (Å²) in [6.07, 6.45) is -29.6. The molecule has 0 aliphatic rings. The van der Waals surface area contributed by atoms with E-state index in [0.29, 0.717) is 0 Å². The highest BCUT2D eigenvalue weighted by Crippen LogP contribution is 2.56. The van der Waals surface area contributed by atoms with Gasteiger partial charge in [-0.25, -0.2) is 9.47 Å². The van der Waals surface area contributed by atoms with E-state index in [4.69, 9.17) is 0 Å². The second-order valence-electron chi connectivity index (χ2n) is 4.19. The lowest BCUT2D eigenvalue weighted by atomic mass is 10.1. The van der Waals surface area contributed by atoms with Gasteiger partial charge in [-0.1, -0.05) is 0 Å². The van der Waals surface area contributed by atoms with Crippen molar-refractivity contribution in [3.05, 3.63) is 0 Å². The summed E-state index contributed by atoms with van der Waals surface area (Å²) in [5.74, 6) is -15.9. The quantitative estimate of drug-likeness (QED) is 0.322. The van der Waals surface area contributed by atoms with Gasteiger partial charge >= 0.3 is 48.5 Å². The Morgan fingerprint density at radius 2 is 0.926 bits per heavy atom. The molecule has 0 N–H and O–H groups in total. The first-order valence-corrected chi connectivity index (χ1v) is 5.29. The first-order valence-electron chi connectivity index (χ1n) is 5.29. The van der Waals surface area contributed by atoms with Crippen molar-refractivity contribution in [1.29, 1.82) is 0 Å². The third-order valence-electron chi connectivity index (χ3n) is 2.20. The minimum absolute atomic E-state index is 1.35. The number of alkyl halides is 15.